The van der Waals surface area contributed by atoms with Crippen molar-refractivity contribution in [1.29, 1.82) is 0 Å². The zero-order valence-electron chi connectivity index (χ0n) is 25.2. The number of halogens is 6. The van der Waals surface area contributed by atoms with Gasteiger partial charge in [-0.25, -0.2) is 14.6 Å². The van der Waals surface area contributed by atoms with Crippen molar-refractivity contribution in [3.63, 3.8) is 0 Å². The first-order chi connectivity index (χ1) is 21.7. The van der Waals surface area contributed by atoms with E-state index in [0.717, 1.165) is 23.3 Å². The molecule has 1 amide bonds. The molecule has 1 N–H and O–H groups in total. The van der Waals surface area contributed by atoms with Crippen molar-refractivity contribution in [2.45, 2.75) is 50.7 Å². The number of amides is 1. The van der Waals surface area contributed by atoms with E-state index in [1.165, 1.54) is 18.9 Å². The number of ether oxygens (including phenoxy) is 2. The molecular formula is C29H33F6N7O4. The van der Waals surface area contributed by atoms with E-state index in [4.69, 9.17) is 9.47 Å². The van der Waals surface area contributed by atoms with Gasteiger partial charge in [0.15, 0.2) is 0 Å². The summed E-state index contributed by atoms with van der Waals surface area (Å²) in [6.45, 7) is 1.72. The van der Waals surface area contributed by atoms with E-state index < -0.39 is 40.8 Å². The summed E-state index contributed by atoms with van der Waals surface area (Å²) in [5.41, 5.74) is -3.60. The average molecular weight is 658 g/mol. The van der Waals surface area contributed by atoms with E-state index in [1.54, 1.807) is 36.2 Å². The molecule has 0 spiro atoms. The van der Waals surface area contributed by atoms with Crippen molar-refractivity contribution in [2.75, 3.05) is 50.7 Å². The first-order valence-corrected chi connectivity index (χ1v) is 14.2. The van der Waals surface area contributed by atoms with E-state index >= 15 is 0 Å². The zero-order valence-corrected chi connectivity index (χ0v) is 25.2. The van der Waals surface area contributed by atoms with Crippen LogP contribution in [0, 0.1) is 0 Å². The molecule has 1 saturated heterocycles. The number of hydrogen-bond donors (Lipinski definition) is 1. The van der Waals surface area contributed by atoms with Crippen LogP contribution < -0.4 is 20.5 Å². The SMILES string of the molecule is COc1ccc(Cn2ncc(N[C@@H](C)COCC(=O)N(C)C3CCN(c4ncc(C(F)(F)F)cn4)CC3)c(C(F)(F)F)c2=O)cc1. The Bertz CT molecular complexity index is 1520. The van der Waals surface area contributed by atoms with Gasteiger partial charge in [-0.2, -0.15) is 31.4 Å². The molecule has 17 heteroatoms. The molecular weight excluding hydrogens is 624 g/mol. The van der Waals surface area contributed by atoms with Gasteiger partial charge < -0.3 is 24.6 Å². The zero-order chi connectivity index (χ0) is 33.6. The van der Waals surface area contributed by atoms with Gasteiger partial charge in [0.2, 0.25) is 11.9 Å². The van der Waals surface area contributed by atoms with Crippen molar-refractivity contribution in [3.05, 3.63) is 69.9 Å². The summed E-state index contributed by atoms with van der Waals surface area (Å²) in [6.07, 6.45) is -6.06. The summed E-state index contributed by atoms with van der Waals surface area (Å²) in [6, 6.07) is 5.59. The number of carbonyl (C=O) groups excluding carboxylic acids is 1. The number of hydrogen-bond acceptors (Lipinski definition) is 9. The van der Waals surface area contributed by atoms with Crippen LogP contribution in [0.4, 0.5) is 38.0 Å². The second-order valence-corrected chi connectivity index (χ2v) is 10.8. The first kappa shape index (κ1) is 34.5. The number of piperidine rings is 1. The summed E-state index contributed by atoms with van der Waals surface area (Å²) in [5, 5.41) is 6.54. The molecule has 3 heterocycles. The summed E-state index contributed by atoms with van der Waals surface area (Å²) in [5.74, 6) is 0.374. The van der Waals surface area contributed by atoms with Crippen LogP contribution in [0.1, 0.15) is 36.5 Å². The van der Waals surface area contributed by atoms with Crippen LogP contribution in [0.3, 0.4) is 0 Å². The second-order valence-electron chi connectivity index (χ2n) is 10.8. The standard InChI is InChI=1S/C29H33F6N7O4/c1-18(39-23-14-38-42(26(44)25(23)29(33,34)35)15-19-4-6-22(45-3)7-5-19)16-46-17-24(43)40(2)21-8-10-41(11-9-21)27-36-12-20(13-37-27)28(30,31)32/h4-7,12-14,18,21,39H,8-11,15-17H2,1-3H3/t18-/m0/s1. The highest BCUT2D eigenvalue weighted by molar-refractivity contribution is 5.77. The number of likely N-dealkylation sites (N-methyl/N-ethyl adjacent to an activating group) is 1. The molecule has 0 bridgehead atoms. The lowest BCUT2D eigenvalue weighted by atomic mass is 10.0. The molecule has 0 saturated carbocycles. The molecule has 1 aliphatic rings. The van der Waals surface area contributed by atoms with E-state index in [-0.39, 0.29) is 37.7 Å². The van der Waals surface area contributed by atoms with Gasteiger partial charge in [-0.1, -0.05) is 12.1 Å². The van der Waals surface area contributed by atoms with Crippen LogP contribution in [0.2, 0.25) is 0 Å². The van der Waals surface area contributed by atoms with E-state index in [0.29, 0.717) is 37.2 Å². The Labute approximate surface area is 260 Å². The number of nitrogens with zero attached hydrogens (tertiary/aromatic N) is 6. The van der Waals surface area contributed by atoms with Gasteiger partial charge in [0.1, 0.15) is 17.9 Å². The molecule has 2 aromatic heterocycles. The van der Waals surface area contributed by atoms with E-state index in [9.17, 15) is 35.9 Å². The van der Waals surface area contributed by atoms with E-state index in [1.807, 2.05) is 0 Å². The lowest BCUT2D eigenvalue weighted by Gasteiger charge is -2.36. The number of alkyl halides is 6. The van der Waals surface area contributed by atoms with Gasteiger partial charge in [-0.3, -0.25) is 9.59 Å². The maximum Gasteiger partial charge on any atom is 0.423 e. The van der Waals surface area contributed by atoms with Gasteiger partial charge >= 0.3 is 12.4 Å². The Hall–Kier alpha value is -4.41. The van der Waals surface area contributed by atoms with E-state index in [2.05, 4.69) is 20.4 Å². The van der Waals surface area contributed by atoms with Gasteiger partial charge in [0, 0.05) is 44.6 Å². The lowest BCUT2D eigenvalue weighted by Crippen LogP contribution is -2.47. The molecule has 3 aromatic rings. The Morgan fingerprint density at radius 1 is 1.04 bits per heavy atom. The molecule has 11 nitrogen and oxygen atoms in total. The molecule has 1 atom stereocenters. The fourth-order valence-corrected chi connectivity index (χ4v) is 4.91. The molecule has 1 aromatic carbocycles. The number of anilines is 2. The molecule has 0 aliphatic carbocycles. The maximum absolute atomic E-state index is 14.0. The highest BCUT2D eigenvalue weighted by atomic mass is 19.4. The number of aromatic nitrogens is 4. The quantitative estimate of drug-likeness (QED) is 0.305. The number of nitrogens with one attached hydrogen (secondary N) is 1. The lowest BCUT2D eigenvalue weighted by molar-refractivity contribution is -0.139. The Morgan fingerprint density at radius 3 is 2.24 bits per heavy atom. The minimum absolute atomic E-state index is 0.143. The van der Waals surface area contributed by atoms with Gasteiger partial charge in [-0.05, 0) is 37.5 Å². The molecule has 1 fully saturated rings. The minimum atomic E-state index is -4.96. The Morgan fingerprint density at radius 2 is 1.67 bits per heavy atom. The number of carbonyl (C=O) groups is 1. The summed E-state index contributed by atoms with van der Waals surface area (Å²) in [4.78, 5) is 36.4. The normalized spacial score (nSPS) is 15.0. The third-order valence-corrected chi connectivity index (χ3v) is 7.47. The summed E-state index contributed by atoms with van der Waals surface area (Å²) in [7, 11) is 3.08. The average Bonchev–Trinajstić information content (AvgIpc) is 3.01. The molecule has 0 radical (unpaired) electrons. The number of rotatable bonds is 11. The molecule has 250 valence electrons. The Balaban J connectivity index is 1.27. The largest absolute Gasteiger partial charge is 0.497 e. The maximum atomic E-state index is 14.0. The topological polar surface area (TPSA) is 115 Å². The van der Waals surface area contributed by atoms with Gasteiger partial charge in [0.25, 0.3) is 5.56 Å². The highest BCUT2D eigenvalue weighted by Gasteiger charge is 2.38. The van der Waals surface area contributed by atoms with Crippen LogP contribution in [0.25, 0.3) is 0 Å². The second kappa shape index (κ2) is 14.3. The van der Waals surface area contributed by atoms with Crippen LogP contribution >= 0.6 is 0 Å². The van der Waals surface area contributed by atoms with Gasteiger partial charge in [-0.15, -0.1) is 0 Å². The van der Waals surface area contributed by atoms with Crippen LogP contribution in [-0.4, -0.2) is 83.1 Å². The highest BCUT2D eigenvalue weighted by Crippen LogP contribution is 2.32. The molecule has 1 aliphatic heterocycles. The predicted octanol–water partition coefficient (Wildman–Crippen LogP) is 4.07. The third kappa shape index (κ3) is 8.64. The first-order valence-electron chi connectivity index (χ1n) is 14.2. The fraction of sp³-hybridized carbons (Fsp3) is 0.483. The number of benzene rings is 1. The summed E-state index contributed by atoms with van der Waals surface area (Å²) >= 11 is 0. The minimum Gasteiger partial charge on any atom is -0.497 e. The molecule has 0 unspecified atom stereocenters. The van der Waals surface area contributed by atoms with Crippen molar-refractivity contribution >= 4 is 17.5 Å². The monoisotopic (exact) mass is 657 g/mol. The van der Waals surface area contributed by atoms with Crippen LogP contribution in [-0.2, 0) is 28.4 Å². The fourth-order valence-electron chi connectivity index (χ4n) is 4.91. The predicted molar refractivity (Wildman–Crippen MR) is 155 cm³/mol. The van der Waals surface area contributed by atoms with Crippen molar-refractivity contribution in [2.24, 2.45) is 0 Å². The smallest absolute Gasteiger partial charge is 0.423 e. The number of methoxy groups -OCH3 is 1. The Kier molecular flexibility index (Phi) is 10.7. The van der Waals surface area contributed by atoms with Crippen molar-refractivity contribution in [3.8, 4) is 5.75 Å². The van der Waals surface area contributed by atoms with Crippen LogP contribution in [0.5, 0.6) is 5.75 Å². The molecule has 46 heavy (non-hydrogen) atoms. The molecule has 4 rings (SSSR count). The van der Waals surface area contributed by atoms with Crippen LogP contribution in [0.15, 0.2) is 47.7 Å². The third-order valence-electron chi connectivity index (χ3n) is 7.47. The summed E-state index contributed by atoms with van der Waals surface area (Å²) < 4.78 is 91.4. The van der Waals surface area contributed by atoms with Crippen molar-refractivity contribution < 1.29 is 40.6 Å². The van der Waals surface area contributed by atoms with Gasteiger partial charge in [0.05, 0.1) is 37.7 Å². The van der Waals surface area contributed by atoms with Crippen molar-refractivity contribution in [1.82, 2.24) is 24.6 Å².